The number of nitrogens with zero attached hydrogens (tertiary/aromatic N) is 3. The number of aliphatic hydroxyl groups is 1. The number of ether oxygens (including phenoxy) is 6. The van der Waals surface area contributed by atoms with E-state index in [9.17, 15) is 5.11 Å². The maximum absolute atomic E-state index is 11.3. The summed E-state index contributed by atoms with van der Waals surface area (Å²) >= 11 is 1.96. The summed E-state index contributed by atoms with van der Waals surface area (Å²) in [4.78, 5) is 7.11. The Bertz CT molecular complexity index is 1990. The van der Waals surface area contributed by atoms with Gasteiger partial charge in [-0.25, -0.2) is 0 Å². The first-order valence-electron chi connectivity index (χ1n) is 19.4. The Hall–Kier alpha value is -4.13. The normalized spacial score (nSPS) is 20.6. The summed E-state index contributed by atoms with van der Waals surface area (Å²) in [6, 6.07) is 21.0. The highest BCUT2D eigenvalue weighted by Gasteiger charge is 2.35. The van der Waals surface area contributed by atoms with Crippen molar-refractivity contribution in [3.63, 3.8) is 0 Å². The van der Waals surface area contributed by atoms with E-state index >= 15 is 0 Å². The fourth-order valence-corrected chi connectivity index (χ4v) is 9.51. The van der Waals surface area contributed by atoms with Crippen LogP contribution in [-0.2, 0) is 25.7 Å². The van der Waals surface area contributed by atoms with Gasteiger partial charge in [0.2, 0.25) is 5.75 Å². The predicted molar refractivity (Wildman–Crippen MR) is 216 cm³/mol. The fourth-order valence-electron chi connectivity index (χ4n) is 8.53. The Morgan fingerprint density at radius 3 is 2.13 bits per heavy atom. The second kappa shape index (κ2) is 16.5. The van der Waals surface area contributed by atoms with E-state index in [0.29, 0.717) is 53.2 Å². The van der Waals surface area contributed by atoms with Crippen molar-refractivity contribution >= 4 is 11.8 Å². The summed E-state index contributed by atoms with van der Waals surface area (Å²) in [5, 5.41) is 11.3. The average molecular weight is 768 g/mol. The highest BCUT2D eigenvalue weighted by molar-refractivity contribution is 7.99. The molecular formula is C44H53N3O7S. The first-order chi connectivity index (χ1) is 26.8. The van der Waals surface area contributed by atoms with Crippen molar-refractivity contribution in [1.82, 2.24) is 14.7 Å². The summed E-state index contributed by atoms with van der Waals surface area (Å²) in [5.74, 6) is 7.20. The standard InChI is InChI=1S/C44H53N3O7S/c1-45-14-12-30-23-38(50-4)40-25-34(30)35(45)20-28-6-9-33(10-7-28)53-39-22-29(8-11-37(39)49-3)21-36-42-31(13-15-46(36)2)24-41(51-5)43(44(42)54-40)52-27-32(48)26-47-16-18-55-19-17-47/h6-11,22-25,32,35-36,48H,12-21,26-27H2,1-5H3. The molecule has 0 radical (unpaired) electrons. The SMILES string of the molecule is COc1ccc2cc1Oc1ccc(cc1)CC1c3cc(c(OC)cc3CCN1C)Oc1c(OCC(O)CN3CCSCC3)c(OC)cc3c1C(C2)N(C)CC3. The quantitative estimate of drug-likeness (QED) is 0.203. The number of likely N-dealkylation sites (N-methyl/N-ethyl adjacent to an activating group) is 2. The molecule has 55 heavy (non-hydrogen) atoms. The molecule has 5 heterocycles. The van der Waals surface area contributed by atoms with Crippen LogP contribution in [-0.4, -0.2) is 112 Å². The highest BCUT2D eigenvalue weighted by atomic mass is 32.2. The number of methoxy groups -OCH3 is 3. The van der Waals surface area contributed by atoms with E-state index < -0.39 is 6.10 Å². The van der Waals surface area contributed by atoms with Gasteiger partial charge in [0.1, 0.15) is 18.5 Å². The molecule has 0 saturated carbocycles. The molecule has 4 aromatic rings. The molecule has 3 unspecified atom stereocenters. The van der Waals surface area contributed by atoms with E-state index in [0.717, 1.165) is 79.4 Å². The van der Waals surface area contributed by atoms with E-state index in [4.69, 9.17) is 28.4 Å². The lowest BCUT2D eigenvalue weighted by molar-refractivity contribution is 0.0693. The first kappa shape index (κ1) is 37.8. The molecule has 9 rings (SSSR count). The van der Waals surface area contributed by atoms with Crippen molar-refractivity contribution in [3.8, 4) is 46.0 Å². The number of fused-ring (bicyclic) bond motifs is 2. The molecule has 0 spiro atoms. The Labute approximate surface area is 329 Å². The van der Waals surface area contributed by atoms with Gasteiger partial charge in [-0.1, -0.05) is 18.2 Å². The number of hydrogen-bond donors (Lipinski definition) is 1. The average Bonchev–Trinajstić information content (AvgIpc) is 3.20. The third-order valence-corrected chi connectivity index (χ3v) is 12.6. The van der Waals surface area contributed by atoms with Gasteiger partial charge in [-0.3, -0.25) is 14.7 Å². The second-order valence-corrected chi connectivity index (χ2v) is 16.3. The molecule has 11 heteroatoms. The molecule has 292 valence electrons. The van der Waals surface area contributed by atoms with Crippen LogP contribution in [0.5, 0.6) is 46.0 Å². The lowest BCUT2D eigenvalue weighted by atomic mass is 9.87. The van der Waals surface area contributed by atoms with Crippen LogP contribution in [0.1, 0.15) is 45.5 Å². The van der Waals surface area contributed by atoms with Crippen LogP contribution in [0.4, 0.5) is 0 Å². The van der Waals surface area contributed by atoms with Crippen LogP contribution >= 0.6 is 11.8 Å². The van der Waals surface area contributed by atoms with Crippen molar-refractivity contribution < 1.29 is 33.5 Å². The minimum atomic E-state index is -0.685. The lowest BCUT2D eigenvalue weighted by Gasteiger charge is -2.37. The van der Waals surface area contributed by atoms with E-state index in [1.807, 2.05) is 30.0 Å². The Morgan fingerprint density at radius 1 is 0.727 bits per heavy atom. The van der Waals surface area contributed by atoms with Gasteiger partial charge in [-0.15, -0.1) is 0 Å². The van der Waals surface area contributed by atoms with Gasteiger partial charge >= 0.3 is 0 Å². The number of benzene rings is 4. The van der Waals surface area contributed by atoms with Gasteiger partial charge in [-0.05, 0) is 110 Å². The van der Waals surface area contributed by atoms with Crippen molar-refractivity contribution in [2.45, 2.75) is 43.9 Å². The molecule has 0 aromatic heterocycles. The molecule has 10 nitrogen and oxygen atoms in total. The summed E-state index contributed by atoms with van der Waals surface area (Å²) in [6.45, 7) is 4.37. The molecule has 1 N–H and O–H groups in total. The van der Waals surface area contributed by atoms with Crippen molar-refractivity contribution in [3.05, 3.63) is 94.0 Å². The number of thioether (sulfide) groups is 1. The molecule has 0 aliphatic carbocycles. The third-order valence-electron chi connectivity index (χ3n) is 11.6. The molecule has 1 fully saturated rings. The first-order valence-corrected chi connectivity index (χ1v) is 20.5. The molecular weight excluding hydrogens is 715 g/mol. The molecule has 5 aliphatic rings. The van der Waals surface area contributed by atoms with Crippen LogP contribution in [0.25, 0.3) is 0 Å². The Balaban J connectivity index is 1.29. The van der Waals surface area contributed by atoms with Gasteiger partial charge in [-0.2, -0.15) is 11.8 Å². The molecule has 3 atom stereocenters. The smallest absolute Gasteiger partial charge is 0.204 e. The van der Waals surface area contributed by atoms with Crippen LogP contribution in [0, 0.1) is 0 Å². The lowest BCUT2D eigenvalue weighted by Crippen LogP contribution is -2.40. The van der Waals surface area contributed by atoms with Crippen LogP contribution in [0.2, 0.25) is 0 Å². The van der Waals surface area contributed by atoms with Gasteiger partial charge in [0.25, 0.3) is 0 Å². The van der Waals surface area contributed by atoms with Crippen LogP contribution in [0.15, 0.2) is 60.7 Å². The zero-order valence-corrected chi connectivity index (χ0v) is 33.5. The van der Waals surface area contributed by atoms with E-state index in [1.54, 1.807) is 21.3 Å². The zero-order valence-electron chi connectivity index (χ0n) is 32.6. The van der Waals surface area contributed by atoms with Crippen molar-refractivity contribution in [1.29, 1.82) is 0 Å². The number of rotatable bonds is 8. The Morgan fingerprint density at radius 2 is 1.38 bits per heavy atom. The Kier molecular flexibility index (Phi) is 11.4. The van der Waals surface area contributed by atoms with Gasteiger partial charge in [0.05, 0.1) is 21.3 Å². The van der Waals surface area contributed by atoms with Crippen molar-refractivity contribution in [2.24, 2.45) is 0 Å². The molecule has 1 saturated heterocycles. The summed E-state index contributed by atoms with van der Waals surface area (Å²) in [7, 11) is 9.40. The maximum atomic E-state index is 11.3. The predicted octanol–water partition coefficient (Wildman–Crippen LogP) is 6.94. The third kappa shape index (κ3) is 7.95. The zero-order chi connectivity index (χ0) is 38.1. The van der Waals surface area contributed by atoms with E-state index in [2.05, 4.69) is 71.3 Å². The van der Waals surface area contributed by atoms with Gasteiger partial charge < -0.3 is 33.5 Å². The summed E-state index contributed by atoms with van der Waals surface area (Å²) in [6.07, 6.45) is 2.53. The minimum absolute atomic E-state index is 0.0790. The van der Waals surface area contributed by atoms with Gasteiger partial charge in [0, 0.05) is 61.9 Å². The second-order valence-electron chi connectivity index (χ2n) is 15.1. The highest BCUT2D eigenvalue weighted by Crippen LogP contribution is 2.52. The summed E-state index contributed by atoms with van der Waals surface area (Å²) < 4.78 is 38.3. The maximum Gasteiger partial charge on any atom is 0.204 e. The van der Waals surface area contributed by atoms with Crippen molar-refractivity contribution in [2.75, 3.05) is 86.3 Å². The molecule has 6 bridgehead atoms. The fraction of sp³-hybridized carbons (Fsp3) is 0.455. The van der Waals surface area contributed by atoms with Crippen LogP contribution in [0.3, 0.4) is 0 Å². The van der Waals surface area contributed by atoms with Gasteiger partial charge in [0.15, 0.2) is 34.5 Å². The minimum Gasteiger partial charge on any atom is -0.493 e. The number of hydrogen-bond acceptors (Lipinski definition) is 11. The summed E-state index contributed by atoms with van der Waals surface area (Å²) in [5.41, 5.74) is 6.95. The number of β-amino-alcohol motifs (C(OH)–C–C–N with tert-alkyl or cyclic N) is 1. The number of aliphatic hydroxyl groups excluding tert-OH is 1. The van der Waals surface area contributed by atoms with E-state index in [1.165, 1.54) is 16.7 Å². The largest absolute Gasteiger partial charge is 0.493 e. The molecule has 5 aliphatic heterocycles. The monoisotopic (exact) mass is 767 g/mol. The molecule has 0 amide bonds. The topological polar surface area (TPSA) is 85.3 Å². The van der Waals surface area contributed by atoms with Crippen LogP contribution < -0.4 is 28.4 Å². The molecule has 4 aromatic carbocycles. The van der Waals surface area contributed by atoms with E-state index in [-0.39, 0.29) is 18.7 Å².